The smallest absolute Gasteiger partial charge is 0.305 e. The maximum Gasteiger partial charge on any atom is 0.305 e. The molecule has 1 aromatic heterocycles. The fourth-order valence-corrected chi connectivity index (χ4v) is 1.87. The molecule has 1 atom stereocenters. The maximum absolute atomic E-state index is 12.0. The number of hydrogen-bond donors (Lipinski definition) is 3. The van der Waals surface area contributed by atoms with Gasteiger partial charge in [0.1, 0.15) is 0 Å². The molecule has 5 nitrogen and oxygen atoms in total. The lowest BCUT2D eigenvalue weighted by molar-refractivity contribution is -0.137. The molecule has 1 unspecified atom stereocenters. The summed E-state index contributed by atoms with van der Waals surface area (Å²) in [6, 6.07) is 7.07. The molecule has 0 saturated heterocycles. The molecule has 1 amide bonds. The van der Waals surface area contributed by atoms with Gasteiger partial charge in [-0.2, -0.15) is 0 Å². The SMILES string of the molecule is CC(CC(=O)O)NC(=O)c1c[nH]c2ccccc12. The minimum absolute atomic E-state index is 0.0892. The second kappa shape index (κ2) is 4.91. The summed E-state index contributed by atoms with van der Waals surface area (Å²) in [6.07, 6.45) is 1.54. The van der Waals surface area contributed by atoms with Gasteiger partial charge in [0.2, 0.25) is 0 Å². The first kappa shape index (κ1) is 12.2. The largest absolute Gasteiger partial charge is 0.481 e. The lowest BCUT2D eigenvalue weighted by Gasteiger charge is -2.10. The molecule has 1 heterocycles. The van der Waals surface area contributed by atoms with Crippen LogP contribution in [-0.2, 0) is 4.79 Å². The zero-order chi connectivity index (χ0) is 13.1. The van der Waals surface area contributed by atoms with Crippen LogP contribution in [0.1, 0.15) is 23.7 Å². The molecule has 94 valence electrons. The van der Waals surface area contributed by atoms with Crippen molar-refractivity contribution in [1.29, 1.82) is 0 Å². The fourth-order valence-electron chi connectivity index (χ4n) is 1.87. The van der Waals surface area contributed by atoms with Gasteiger partial charge >= 0.3 is 5.97 Å². The van der Waals surface area contributed by atoms with Crippen LogP contribution in [0.5, 0.6) is 0 Å². The average molecular weight is 246 g/mol. The molecule has 2 aromatic rings. The molecule has 0 fully saturated rings. The van der Waals surface area contributed by atoms with Gasteiger partial charge in [0.25, 0.3) is 5.91 Å². The number of carbonyl (C=O) groups is 2. The van der Waals surface area contributed by atoms with Gasteiger partial charge in [-0.15, -0.1) is 0 Å². The van der Waals surface area contributed by atoms with E-state index in [-0.39, 0.29) is 12.3 Å². The van der Waals surface area contributed by atoms with Crippen LogP contribution in [0.2, 0.25) is 0 Å². The Morgan fingerprint density at radius 2 is 2.11 bits per heavy atom. The van der Waals surface area contributed by atoms with Gasteiger partial charge in [-0.1, -0.05) is 18.2 Å². The summed E-state index contributed by atoms with van der Waals surface area (Å²) in [7, 11) is 0. The minimum atomic E-state index is -0.929. The molecule has 0 aliphatic heterocycles. The van der Waals surface area contributed by atoms with Gasteiger partial charge in [0.15, 0.2) is 0 Å². The number of aromatic nitrogens is 1. The van der Waals surface area contributed by atoms with Gasteiger partial charge in [-0.3, -0.25) is 9.59 Å². The minimum Gasteiger partial charge on any atom is -0.481 e. The number of rotatable bonds is 4. The van der Waals surface area contributed by atoms with Crippen molar-refractivity contribution in [2.45, 2.75) is 19.4 Å². The molecule has 0 bridgehead atoms. The molecule has 0 spiro atoms. The Kier molecular flexibility index (Phi) is 3.32. The third-order valence-electron chi connectivity index (χ3n) is 2.69. The number of hydrogen-bond acceptors (Lipinski definition) is 2. The maximum atomic E-state index is 12.0. The number of carbonyl (C=O) groups excluding carboxylic acids is 1. The molecule has 0 saturated carbocycles. The number of amides is 1. The van der Waals surface area contributed by atoms with Crippen molar-refractivity contribution in [1.82, 2.24) is 10.3 Å². The summed E-state index contributed by atoms with van der Waals surface area (Å²) >= 11 is 0. The second-order valence-electron chi connectivity index (χ2n) is 4.22. The van der Waals surface area contributed by atoms with Crippen molar-refractivity contribution in [3.05, 3.63) is 36.0 Å². The van der Waals surface area contributed by atoms with E-state index < -0.39 is 12.0 Å². The Hall–Kier alpha value is -2.30. The van der Waals surface area contributed by atoms with Gasteiger partial charge in [0.05, 0.1) is 12.0 Å². The molecule has 0 aliphatic carbocycles. The van der Waals surface area contributed by atoms with Crippen LogP contribution in [0.4, 0.5) is 0 Å². The molecule has 2 rings (SSSR count). The van der Waals surface area contributed by atoms with E-state index in [0.717, 1.165) is 10.9 Å². The highest BCUT2D eigenvalue weighted by Crippen LogP contribution is 2.17. The normalized spacial score (nSPS) is 12.3. The van der Waals surface area contributed by atoms with E-state index in [4.69, 9.17) is 5.11 Å². The van der Waals surface area contributed by atoms with Crippen LogP contribution in [0.3, 0.4) is 0 Å². The van der Waals surface area contributed by atoms with Crippen molar-refractivity contribution in [2.75, 3.05) is 0 Å². The van der Waals surface area contributed by atoms with E-state index in [9.17, 15) is 9.59 Å². The van der Waals surface area contributed by atoms with Crippen LogP contribution in [0.15, 0.2) is 30.5 Å². The zero-order valence-electron chi connectivity index (χ0n) is 9.93. The number of aliphatic carboxylic acids is 1. The molecule has 0 radical (unpaired) electrons. The number of nitrogens with one attached hydrogen (secondary N) is 2. The highest BCUT2D eigenvalue weighted by atomic mass is 16.4. The Morgan fingerprint density at radius 3 is 2.83 bits per heavy atom. The summed E-state index contributed by atoms with van der Waals surface area (Å²) < 4.78 is 0. The highest BCUT2D eigenvalue weighted by Gasteiger charge is 2.15. The number of fused-ring (bicyclic) bond motifs is 1. The molecule has 5 heteroatoms. The number of benzene rings is 1. The van der Waals surface area contributed by atoms with Gasteiger partial charge in [-0.25, -0.2) is 0 Å². The first-order valence-corrected chi connectivity index (χ1v) is 5.66. The summed E-state index contributed by atoms with van der Waals surface area (Å²) in [6.45, 7) is 1.67. The molecular weight excluding hydrogens is 232 g/mol. The topological polar surface area (TPSA) is 82.2 Å². The number of carboxylic acids is 1. The first-order chi connectivity index (χ1) is 8.58. The van der Waals surface area contributed by atoms with Crippen molar-refractivity contribution < 1.29 is 14.7 Å². The van der Waals surface area contributed by atoms with Gasteiger partial charge in [0, 0.05) is 23.1 Å². The second-order valence-corrected chi connectivity index (χ2v) is 4.22. The lowest BCUT2D eigenvalue weighted by atomic mass is 10.1. The van der Waals surface area contributed by atoms with E-state index >= 15 is 0 Å². The molecular formula is C13H14N2O3. The van der Waals surface area contributed by atoms with E-state index in [2.05, 4.69) is 10.3 Å². The van der Waals surface area contributed by atoms with E-state index in [1.54, 1.807) is 13.1 Å². The van der Waals surface area contributed by atoms with Crippen LogP contribution in [0, 0.1) is 0 Å². The highest BCUT2D eigenvalue weighted by molar-refractivity contribution is 6.06. The van der Waals surface area contributed by atoms with Gasteiger partial charge < -0.3 is 15.4 Å². The summed E-state index contributed by atoms with van der Waals surface area (Å²) in [5.74, 6) is -1.19. The number of H-pyrrole nitrogens is 1. The Balaban J connectivity index is 2.16. The third-order valence-corrected chi connectivity index (χ3v) is 2.69. The van der Waals surface area contributed by atoms with Crippen LogP contribution < -0.4 is 5.32 Å². The van der Waals surface area contributed by atoms with Crippen molar-refractivity contribution >= 4 is 22.8 Å². The molecule has 1 aromatic carbocycles. The van der Waals surface area contributed by atoms with Crippen molar-refractivity contribution in [3.63, 3.8) is 0 Å². The summed E-state index contributed by atoms with van der Waals surface area (Å²) in [4.78, 5) is 25.5. The number of aromatic amines is 1. The molecule has 18 heavy (non-hydrogen) atoms. The third kappa shape index (κ3) is 2.51. The molecule has 3 N–H and O–H groups in total. The van der Waals surface area contributed by atoms with Crippen LogP contribution >= 0.6 is 0 Å². The summed E-state index contributed by atoms with van der Waals surface area (Å²) in [5, 5.41) is 12.1. The zero-order valence-corrected chi connectivity index (χ0v) is 9.93. The summed E-state index contributed by atoms with van der Waals surface area (Å²) in [5.41, 5.74) is 1.41. The standard InChI is InChI=1S/C13H14N2O3/c1-8(6-12(16)17)15-13(18)10-7-14-11-5-3-2-4-9(10)11/h2-5,7-8,14H,6H2,1H3,(H,15,18)(H,16,17). The van der Waals surface area contributed by atoms with Crippen molar-refractivity contribution in [3.8, 4) is 0 Å². The Bertz CT molecular complexity index is 589. The number of para-hydroxylation sites is 1. The van der Waals surface area contributed by atoms with Crippen LogP contribution in [-0.4, -0.2) is 28.0 Å². The predicted octanol–water partition coefficient (Wildman–Crippen LogP) is 1.76. The Morgan fingerprint density at radius 1 is 1.39 bits per heavy atom. The quantitative estimate of drug-likeness (QED) is 0.768. The monoisotopic (exact) mass is 246 g/mol. The predicted molar refractivity (Wildman–Crippen MR) is 67.5 cm³/mol. The Labute approximate surface area is 104 Å². The van der Waals surface area contributed by atoms with E-state index in [1.807, 2.05) is 24.3 Å². The van der Waals surface area contributed by atoms with Gasteiger partial charge in [-0.05, 0) is 13.0 Å². The van der Waals surface area contributed by atoms with Crippen LogP contribution in [0.25, 0.3) is 10.9 Å². The number of carboxylic acid groups (broad SMARTS) is 1. The molecule has 0 aliphatic rings. The fraction of sp³-hybridized carbons (Fsp3) is 0.231. The lowest BCUT2D eigenvalue weighted by Crippen LogP contribution is -2.34. The average Bonchev–Trinajstić information content (AvgIpc) is 2.71. The van der Waals surface area contributed by atoms with E-state index in [1.165, 1.54) is 0 Å². The van der Waals surface area contributed by atoms with Crippen molar-refractivity contribution in [2.24, 2.45) is 0 Å². The first-order valence-electron chi connectivity index (χ1n) is 5.66. The van der Waals surface area contributed by atoms with E-state index in [0.29, 0.717) is 5.56 Å².